The van der Waals surface area contributed by atoms with Crippen molar-refractivity contribution in [3.8, 4) is 6.07 Å². The van der Waals surface area contributed by atoms with Crippen LogP contribution in [0.2, 0.25) is 0 Å². The predicted molar refractivity (Wildman–Crippen MR) is 156 cm³/mol. The van der Waals surface area contributed by atoms with Crippen LogP contribution in [0.1, 0.15) is 87.4 Å². The largest absolute Gasteiger partial charge is 0.362 e. The lowest BCUT2D eigenvalue weighted by Crippen LogP contribution is -2.41. The van der Waals surface area contributed by atoms with Gasteiger partial charge in [-0.05, 0) is 75.4 Å². The number of aromatic nitrogens is 3. The third-order valence-electron chi connectivity index (χ3n) is 7.76. The summed E-state index contributed by atoms with van der Waals surface area (Å²) in [7, 11) is -4.30. The van der Waals surface area contributed by atoms with Gasteiger partial charge in [-0.25, -0.2) is 19.7 Å². The number of amides is 1. The van der Waals surface area contributed by atoms with Crippen LogP contribution in [0.4, 0.5) is 11.6 Å². The molecular formula is C30H35N7O3S. The molecular weight excluding hydrogens is 538 g/mol. The van der Waals surface area contributed by atoms with Gasteiger partial charge in [-0.15, -0.1) is 0 Å². The number of pyridine rings is 3. The molecule has 1 fully saturated rings. The molecule has 2 N–H and O–H groups in total. The van der Waals surface area contributed by atoms with Crippen molar-refractivity contribution in [2.24, 2.45) is 5.92 Å². The molecule has 41 heavy (non-hydrogen) atoms. The molecule has 214 valence electrons. The Morgan fingerprint density at radius 3 is 2.51 bits per heavy atom. The summed E-state index contributed by atoms with van der Waals surface area (Å²) in [4.78, 5) is 29.5. The molecule has 0 saturated carbocycles. The van der Waals surface area contributed by atoms with Crippen LogP contribution in [0.15, 0.2) is 53.6 Å². The molecule has 1 amide bonds. The summed E-state index contributed by atoms with van der Waals surface area (Å²) in [5.74, 6) is 0.331. The maximum absolute atomic E-state index is 13.6. The Kier molecular flexibility index (Phi) is 7.24. The molecule has 2 aliphatic rings. The van der Waals surface area contributed by atoms with Gasteiger partial charge in [0.15, 0.2) is 5.03 Å². The molecule has 0 radical (unpaired) electrons. The average Bonchev–Trinajstić information content (AvgIpc) is 3.23. The Hall–Kier alpha value is -4.04. The number of nitrogens with zero attached hydrogens (tertiary/aromatic N) is 5. The van der Waals surface area contributed by atoms with Gasteiger partial charge < -0.3 is 10.2 Å². The molecule has 4 bridgehead atoms. The Morgan fingerprint density at radius 2 is 1.78 bits per heavy atom. The van der Waals surface area contributed by atoms with Crippen molar-refractivity contribution in [1.29, 1.82) is 5.26 Å². The van der Waals surface area contributed by atoms with Crippen molar-refractivity contribution in [1.82, 2.24) is 19.7 Å². The second-order valence-corrected chi connectivity index (χ2v) is 14.1. The van der Waals surface area contributed by atoms with Crippen LogP contribution in [-0.2, 0) is 15.4 Å². The zero-order chi connectivity index (χ0) is 29.6. The molecule has 0 unspecified atom stereocenters. The smallest absolute Gasteiger partial charge is 0.281 e. The molecule has 5 heterocycles. The van der Waals surface area contributed by atoms with Gasteiger partial charge >= 0.3 is 0 Å². The quantitative estimate of drug-likeness (QED) is 0.423. The highest BCUT2D eigenvalue weighted by molar-refractivity contribution is 7.90. The minimum absolute atomic E-state index is 0.204. The number of carbonyl (C=O) groups excluding carboxylic acids is 1. The van der Waals surface area contributed by atoms with Gasteiger partial charge in [-0.3, -0.25) is 4.79 Å². The van der Waals surface area contributed by atoms with Gasteiger partial charge in [0, 0.05) is 23.2 Å². The lowest BCUT2D eigenvalue weighted by Gasteiger charge is -2.34. The summed E-state index contributed by atoms with van der Waals surface area (Å²) in [5.41, 5.74) is 1.39. The van der Waals surface area contributed by atoms with E-state index in [4.69, 9.17) is 4.98 Å². The number of hydrogen-bond acceptors (Lipinski definition) is 9. The van der Waals surface area contributed by atoms with Crippen molar-refractivity contribution < 1.29 is 13.2 Å². The SMILES string of the molecule is CC(C)(C)c1ccc2c(n1)N1C[C@@H](CC[C@H](c3cccc(C#N)n3)Nc3cccc(n3)S(=O)(=O)NC2=O)CC1(C)C. The normalized spacial score (nSPS) is 21.9. The summed E-state index contributed by atoms with van der Waals surface area (Å²) < 4.78 is 29.0. The first-order valence-corrected chi connectivity index (χ1v) is 15.2. The van der Waals surface area contributed by atoms with E-state index in [1.807, 2.05) is 6.07 Å². The zero-order valence-electron chi connectivity index (χ0n) is 24.0. The molecule has 0 aromatic carbocycles. The first-order chi connectivity index (χ1) is 19.3. The lowest BCUT2D eigenvalue weighted by molar-refractivity contribution is 0.0981. The third-order valence-corrected chi connectivity index (χ3v) is 8.99. The molecule has 11 heteroatoms. The Morgan fingerprint density at radius 1 is 1.02 bits per heavy atom. The van der Waals surface area contributed by atoms with Gasteiger partial charge in [-0.1, -0.05) is 32.9 Å². The van der Waals surface area contributed by atoms with Crippen LogP contribution in [0.25, 0.3) is 0 Å². The van der Waals surface area contributed by atoms with E-state index in [1.54, 1.807) is 36.4 Å². The molecule has 5 rings (SSSR count). The van der Waals surface area contributed by atoms with Crippen LogP contribution in [0, 0.1) is 17.2 Å². The molecule has 10 nitrogen and oxygen atoms in total. The van der Waals surface area contributed by atoms with Crippen LogP contribution >= 0.6 is 0 Å². The van der Waals surface area contributed by atoms with E-state index >= 15 is 0 Å². The minimum Gasteiger partial charge on any atom is -0.362 e. The van der Waals surface area contributed by atoms with Gasteiger partial charge in [0.1, 0.15) is 23.4 Å². The molecule has 3 aromatic heterocycles. The summed E-state index contributed by atoms with van der Waals surface area (Å²) in [5, 5.41) is 12.5. The molecule has 3 aromatic rings. The highest BCUT2D eigenvalue weighted by Gasteiger charge is 2.41. The van der Waals surface area contributed by atoms with Crippen LogP contribution in [0.3, 0.4) is 0 Å². The lowest BCUT2D eigenvalue weighted by atomic mass is 9.90. The fraction of sp³-hybridized carbons (Fsp3) is 0.433. The van der Waals surface area contributed by atoms with Crippen molar-refractivity contribution in [3.05, 3.63) is 71.2 Å². The molecule has 2 aliphatic heterocycles. The molecule has 0 spiro atoms. The minimum atomic E-state index is -4.30. The van der Waals surface area contributed by atoms with E-state index in [-0.39, 0.29) is 33.5 Å². The van der Waals surface area contributed by atoms with Gasteiger partial charge in [-0.2, -0.15) is 13.7 Å². The van der Waals surface area contributed by atoms with E-state index in [0.717, 1.165) is 18.5 Å². The van der Waals surface area contributed by atoms with Crippen molar-refractivity contribution in [2.45, 2.75) is 75.9 Å². The number of rotatable bonds is 1. The number of nitrogens with one attached hydrogen (secondary N) is 2. The van der Waals surface area contributed by atoms with Crippen molar-refractivity contribution in [2.75, 3.05) is 16.8 Å². The Balaban J connectivity index is 1.63. The topological polar surface area (TPSA) is 141 Å². The molecule has 1 saturated heterocycles. The maximum atomic E-state index is 13.6. The Bertz CT molecular complexity index is 1640. The average molecular weight is 574 g/mol. The van der Waals surface area contributed by atoms with Gasteiger partial charge in [0.2, 0.25) is 0 Å². The van der Waals surface area contributed by atoms with Crippen molar-refractivity contribution in [3.63, 3.8) is 0 Å². The fourth-order valence-corrected chi connectivity index (χ4v) is 6.59. The number of nitriles is 1. The highest BCUT2D eigenvalue weighted by atomic mass is 32.2. The summed E-state index contributed by atoms with van der Waals surface area (Å²) in [6.07, 6.45) is 2.36. The Labute approximate surface area is 241 Å². The van der Waals surface area contributed by atoms with Crippen LogP contribution in [-0.4, -0.2) is 41.4 Å². The number of fused-ring (bicyclic) bond motifs is 6. The first-order valence-electron chi connectivity index (χ1n) is 13.7. The molecule has 2 atom stereocenters. The second kappa shape index (κ2) is 10.4. The van der Waals surface area contributed by atoms with Crippen LogP contribution in [0.5, 0.6) is 0 Å². The van der Waals surface area contributed by atoms with E-state index in [2.05, 4.69) is 65.6 Å². The third kappa shape index (κ3) is 5.88. The van der Waals surface area contributed by atoms with E-state index in [1.165, 1.54) is 6.07 Å². The monoisotopic (exact) mass is 573 g/mol. The number of anilines is 2. The zero-order valence-corrected chi connectivity index (χ0v) is 24.8. The summed E-state index contributed by atoms with van der Waals surface area (Å²) in [6, 6.07) is 15.1. The summed E-state index contributed by atoms with van der Waals surface area (Å²) in [6.45, 7) is 11.1. The number of carbonyl (C=O) groups is 1. The van der Waals surface area contributed by atoms with Crippen LogP contribution < -0.4 is 14.9 Å². The standard InChI is InChI=1S/C30H35N7O3S/c1-29(2,3)24-15-13-21-27(34-24)37-18-19(16-30(37,4)5)12-14-23(22-9-6-8-20(17-31)32-22)33-25-10-7-11-26(35-25)41(39,40)36-28(21)38/h6-11,13,15,19,23H,12,14,16,18H2,1-5H3,(H,33,35)(H,36,38)/t19-,23+/m0/s1. The summed E-state index contributed by atoms with van der Waals surface area (Å²) >= 11 is 0. The van der Waals surface area contributed by atoms with Gasteiger partial charge in [0.05, 0.1) is 17.3 Å². The van der Waals surface area contributed by atoms with Crippen molar-refractivity contribution >= 4 is 27.6 Å². The number of hydrogen-bond donors (Lipinski definition) is 2. The predicted octanol–water partition coefficient (Wildman–Crippen LogP) is 4.71. The van der Waals surface area contributed by atoms with E-state index in [0.29, 0.717) is 36.0 Å². The second-order valence-electron chi connectivity index (χ2n) is 12.4. The maximum Gasteiger partial charge on any atom is 0.281 e. The highest BCUT2D eigenvalue weighted by Crippen LogP contribution is 2.41. The van der Waals surface area contributed by atoms with Gasteiger partial charge in [0.25, 0.3) is 15.9 Å². The van der Waals surface area contributed by atoms with E-state index in [9.17, 15) is 18.5 Å². The van der Waals surface area contributed by atoms with E-state index < -0.39 is 15.9 Å². The fourth-order valence-electron chi connectivity index (χ4n) is 5.66. The number of sulfonamides is 1. The molecule has 0 aliphatic carbocycles. The first kappa shape index (κ1) is 28.5.